The first-order valence-corrected chi connectivity index (χ1v) is 16.4. The number of hydrogen-bond donors (Lipinski definition) is 1. The first-order valence-electron chi connectivity index (χ1n) is 16.4. The van der Waals surface area contributed by atoms with Crippen molar-refractivity contribution in [1.82, 2.24) is 0 Å². The molecule has 1 N–H and O–H groups in total. The Bertz CT molecular complexity index is 1870. The lowest BCUT2D eigenvalue weighted by atomic mass is 9.66. The number of carbonyl (C=O) groups excluding carboxylic acids is 4. The van der Waals surface area contributed by atoms with E-state index in [-0.39, 0.29) is 29.8 Å². The lowest BCUT2D eigenvalue weighted by Gasteiger charge is -2.47. The summed E-state index contributed by atoms with van der Waals surface area (Å²) in [4.78, 5) is 59.5. The molecule has 4 aromatic carbocycles. The third kappa shape index (κ3) is 5.25. The standard InChI is InChI=1S/C40H38N2O6/c1-47-31-19-11-9-17-28(31)30(25-33(43)39(21-22-39)37(45)41-26-13-5-3-6-14-26)34-35(29-18-10-12-20-32(29)48-2)42(27-15-7-4-8-16-27)38(46)40(23-24-40)36(34)44/h3-20,30,34-35H,21-25H2,1-2H3,(H,41,45)/t30-,34-,35-/m0/s1. The van der Waals surface area contributed by atoms with E-state index in [4.69, 9.17) is 9.47 Å². The van der Waals surface area contributed by atoms with Crippen LogP contribution in [0.3, 0.4) is 0 Å². The van der Waals surface area contributed by atoms with Crippen LogP contribution < -0.4 is 19.7 Å². The van der Waals surface area contributed by atoms with Crippen LogP contribution >= 0.6 is 0 Å². The SMILES string of the molecule is COc1ccccc1[C@H](CC(=O)C1(C(=O)Nc2ccccc2)CC1)[C@@H]1C(=O)C2(CC2)C(=O)N(c2ccccc2)[C@H]1c1ccccc1OC. The zero-order valence-corrected chi connectivity index (χ0v) is 27.1. The number of benzene rings is 4. The maximum absolute atomic E-state index is 15.0. The number of Topliss-reactive ketones (excluding diaryl/α,β-unsaturated/α-hetero) is 2. The number of ether oxygens (including phenoxy) is 2. The van der Waals surface area contributed by atoms with Crippen molar-refractivity contribution < 1.29 is 28.7 Å². The highest BCUT2D eigenvalue weighted by atomic mass is 16.5. The summed E-state index contributed by atoms with van der Waals surface area (Å²) in [6.07, 6.45) is 1.66. The first kappa shape index (κ1) is 31.4. The van der Waals surface area contributed by atoms with E-state index in [2.05, 4.69) is 5.32 Å². The van der Waals surface area contributed by atoms with Crippen LogP contribution in [0, 0.1) is 16.7 Å². The van der Waals surface area contributed by atoms with Gasteiger partial charge >= 0.3 is 0 Å². The molecule has 0 aromatic heterocycles. The van der Waals surface area contributed by atoms with Crippen molar-refractivity contribution in [2.75, 3.05) is 24.4 Å². The molecule has 244 valence electrons. The van der Waals surface area contributed by atoms with Crippen LogP contribution in [0.5, 0.6) is 11.5 Å². The lowest BCUT2D eigenvalue weighted by molar-refractivity contribution is -0.142. The van der Waals surface area contributed by atoms with Gasteiger partial charge in [0.15, 0.2) is 5.78 Å². The number of para-hydroxylation sites is 4. The van der Waals surface area contributed by atoms with E-state index in [1.807, 2.05) is 97.1 Å². The molecule has 0 unspecified atom stereocenters. The highest BCUT2D eigenvalue weighted by Gasteiger charge is 2.67. The third-order valence-electron chi connectivity index (χ3n) is 10.4. The van der Waals surface area contributed by atoms with Gasteiger partial charge in [0.2, 0.25) is 11.8 Å². The van der Waals surface area contributed by atoms with Crippen LogP contribution in [-0.2, 0) is 19.2 Å². The van der Waals surface area contributed by atoms with Crippen molar-refractivity contribution in [1.29, 1.82) is 0 Å². The Balaban J connectivity index is 1.38. The second-order valence-electron chi connectivity index (χ2n) is 13.0. The predicted molar refractivity (Wildman–Crippen MR) is 182 cm³/mol. The highest BCUT2D eigenvalue weighted by molar-refractivity contribution is 6.19. The maximum Gasteiger partial charge on any atom is 0.241 e. The average molecular weight is 643 g/mol. The Morgan fingerprint density at radius 1 is 0.771 bits per heavy atom. The molecule has 4 aromatic rings. The quantitative estimate of drug-likeness (QED) is 0.178. The monoisotopic (exact) mass is 642 g/mol. The van der Waals surface area contributed by atoms with Gasteiger partial charge in [0.1, 0.15) is 28.1 Å². The number of amides is 2. The topological polar surface area (TPSA) is 102 Å². The minimum atomic E-state index is -1.19. The molecule has 1 spiro atoms. The van der Waals surface area contributed by atoms with Gasteiger partial charge in [-0.1, -0.05) is 72.8 Å². The molecule has 8 nitrogen and oxygen atoms in total. The van der Waals surface area contributed by atoms with Gasteiger partial charge in [-0.25, -0.2) is 0 Å². The van der Waals surface area contributed by atoms with E-state index in [1.165, 1.54) is 0 Å². The first-order chi connectivity index (χ1) is 23.3. The van der Waals surface area contributed by atoms with Gasteiger partial charge < -0.3 is 19.7 Å². The zero-order valence-electron chi connectivity index (χ0n) is 27.1. The number of anilines is 2. The molecular formula is C40H38N2O6. The summed E-state index contributed by atoms with van der Waals surface area (Å²) in [6, 6.07) is 32.5. The van der Waals surface area contributed by atoms with Gasteiger partial charge in [-0.15, -0.1) is 0 Å². The summed E-state index contributed by atoms with van der Waals surface area (Å²) in [5, 5.41) is 2.94. The second kappa shape index (κ2) is 12.4. The van der Waals surface area contributed by atoms with Crippen molar-refractivity contribution in [2.45, 2.75) is 44.1 Å². The molecule has 0 radical (unpaired) electrons. The van der Waals surface area contributed by atoms with Gasteiger partial charge in [-0.2, -0.15) is 0 Å². The fourth-order valence-corrected chi connectivity index (χ4v) is 7.51. The summed E-state index contributed by atoms with van der Waals surface area (Å²) in [5.41, 5.74) is 0.261. The van der Waals surface area contributed by atoms with E-state index < -0.39 is 28.7 Å². The molecule has 1 saturated heterocycles. The Hall–Kier alpha value is -5.24. The minimum absolute atomic E-state index is 0.0858. The van der Waals surface area contributed by atoms with Gasteiger partial charge in [-0.3, -0.25) is 19.2 Å². The van der Waals surface area contributed by atoms with Gasteiger partial charge in [0, 0.05) is 29.3 Å². The molecule has 7 rings (SSSR count). The minimum Gasteiger partial charge on any atom is -0.496 e. The number of ketones is 2. The average Bonchev–Trinajstić information content (AvgIpc) is 4.06. The van der Waals surface area contributed by atoms with E-state index in [0.29, 0.717) is 59.7 Å². The van der Waals surface area contributed by atoms with Crippen LogP contribution in [0.25, 0.3) is 0 Å². The molecule has 48 heavy (non-hydrogen) atoms. The molecular weight excluding hydrogens is 604 g/mol. The highest BCUT2D eigenvalue weighted by Crippen LogP contribution is 2.61. The second-order valence-corrected chi connectivity index (χ2v) is 13.0. The summed E-state index contributed by atoms with van der Waals surface area (Å²) < 4.78 is 11.7. The third-order valence-corrected chi connectivity index (χ3v) is 10.4. The van der Waals surface area contributed by atoms with Crippen molar-refractivity contribution in [3.05, 3.63) is 120 Å². The number of carbonyl (C=O) groups is 4. The Kier molecular flexibility index (Phi) is 8.11. The Labute approximate surface area is 280 Å². The zero-order chi connectivity index (χ0) is 33.5. The number of methoxy groups -OCH3 is 2. The van der Waals surface area contributed by atoms with Crippen molar-refractivity contribution in [3.63, 3.8) is 0 Å². The fourth-order valence-electron chi connectivity index (χ4n) is 7.51. The molecule has 0 bridgehead atoms. The maximum atomic E-state index is 15.0. The summed E-state index contributed by atoms with van der Waals surface area (Å²) in [7, 11) is 3.13. The summed E-state index contributed by atoms with van der Waals surface area (Å²) in [6.45, 7) is 0. The van der Waals surface area contributed by atoms with E-state index in [1.54, 1.807) is 31.3 Å². The van der Waals surface area contributed by atoms with Crippen LogP contribution in [0.15, 0.2) is 109 Å². The van der Waals surface area contributed by atoms with Crippen molar-refractivity contribution >= 4 is 34.8 Å². The van der Waals surface area contributed by atoms with Crippen LogP contribution in [-0.4, -0.2) is 37.6 Å². The molecule has 2 aliphatic carbocycles. The molecule has 1 heterocycles. The Morgan fingerprint density at radius 2 is 1.35 bits per heavy atom. The molecule has 3 atom stereocenters. The smallest absolute Gasteiger partial charge is 0.241 e. The van der Waals surface area contributed by atoms with Crippen molar-refractivity contribution in [2.24, 2.45) is 16.7 Å². The summed E-state index contributed by atoms with van der Waals surface area (Å²) in [5.74, 6) is -1.49. The van der Waals surface area contributed by atoms with Crippen LogP contribution in [0.2, 0.25) is 0 Å². The fraction of sp³-hybridized carbons (Fsp3) is 0.300. The van der Waals surface area contributed by atoms with E-state index >= 15 is 0 Å². The number of nitrogens with zero attached hydrogens (tertiary/aromatic N) is 1. The van der Waals surface area contributed by atoms with Gasteiger partial charge in [-0.05, 0) is 67.6 Å². The largest absolute Gasteiger partial charge is 0.496 e. The normalized spacial score (nSPS) is 20.9. The number of piperidine rings is 1. The molecule has 3 fully saturated rings. The molecule has 2 amide bonds. The molecule has 2 saturated carbocycles. The number of nitrogens with one attached hydrogen (secondary N) is 1. The molecule has 8 heteroatoms. The summed E-state index contributed by atoms with van der Waals surface area (Å²) >= 11 is 0. The van der Waals surface area contributed by atoms with Crippen LogP contribution in [0.4, 0.5) is 11.4 Å². The van der Waals surface area contributed by atoms with E-state index in [0.717, 1.165) is 0 Å². The number of rotatable bonds is 11. The van der Waals surface area contributed by atoms with Gasteiger partial charge in [0.25, 0.3) is 0 Å². The predicted octanol–water partition coefficient (Wildman–Crippen LogP) is 6.92. The molecule has 1 aliphatic heterocycles. The Morgan fingerprint density at radius 3 is 1.98 bits per heavy atom. The van der Waals surface area contributed by atoms with Crippen molar-refractivity contribution in [3.8, 4) is 11.5 Å². The van der Waals surface area contributed by atoms with Gasteiger partial charge in [0.05, 0.1) is 26.2 Å². The van der Waals surface area contributed by atoms with Crippen LogP contribution in [0.1, 0.15) is 55.2 Å². The molecule has 3 aliphatic rings. The van der Waals surface area contributed by atoms with E-state index in [9.17, 15) is 19.2 Å². The lowest BCUT2D eigenvalue weighted by Crippen LogP contribution is -2.56. The number of hydrogen-bond acceptors (Lipinski definition) is 6.